The molecule has 1 fully saturated rings. The Morgan fingerprint density at radius 2 is 2.12 bits per heavy atom. The molecule has 140 valence electrons. The predicted octanol–water partition coefficient (Wildman–Crippen LogP) is 2.18. The number of aliphatic hydroxyl groups is 1. The Bertz CT molecular complexity index is 544. The number of ether oxygens (including phenoxy) is 4. The van der Waals surface area contributed by atoms with E-state index in [1.54, 1.807) is 7.11 Å². The van der Waals surface area contributed by atoms with E-state index < -0.39 is 12.2 Å². The van der Waals surface area contributed by atoms with Crippen molar-refractivity contribution in [2.45, 2.75) is 39.1 Å². The second-order valence-corrected chi connectivity index (χ2v) is 6.63. The molecule has 0 amide bonds. The molecule has 0 spiro atoms. The summed E-state index contributed by atoms with van der Waals surface area (Å²) in [6.07, 6.45) is -0.749. The molecule has 1 N–H and O–H groups in total. The summed E-state index contributed by atoms with van der Waals surface area (Å²) >= 11 is 0. The van der Waals surface area contributed by atoms with Crippen LogP contribution in [0, 0.1) is 11.8 Å². The third-order valence-electron chi connectivity index (χ3n) is 4.30. The summed E-state index contributed by atoms with van der Waals surface area (Å²) in [5.74, 6) is 0.607. The van der Waals surface area contributed by atoms with Crippen molar-refractivity contribution in [3.63, 3.8) is 0 Å². The van der Waals surface area contributed by atoms with Crippen LogP contribution in [0.15, 0.2) is 24.3 Å². The number of carbonyl (C=O) groups is 1. The van der Waals surface area contributed by atoms with Gasteiger partial charge in [0.15, 0.2) is 0 Å². The Morgan fingerprint density at radius 1 is 1.32 bits per heavy atom. The lowest BCUT2D eigenvalue weighted by Gasteiger charge is -2.17. The molecule has 0 unspecified atom stereocenters. The highest BCUT2D eigenvalue weighted by molar-refractivity contribution is 5.75. The van der Waals surface area contributed by atoms with E-state index in [1.807, 2.05) is 38.1 Å². The molecular weight excluding hydrogens is 324 g/mol. The van der Waals surface area contributed by atoms with Crippen LogP contribution in [0.3, 0.4) is 0 Å². The van der Waals surface area contributed by atoms with Crippen molar-refractivity contribution in [2.24, 2.45) is 11.8 Å². The fourth-order valence-electron chi connectivity index (χ4n) is 2.78. The zero-order valence-electron chi connectivity index (χ0n) is 15.1. The maximum Gasteiger partial charge on any atom is 0.309 e. The Kier molecular flexibility index (Phi) is 7.68. The summed E-state index contributed by atoms with van der Waals surface area (Å²) in [4.78, 5) is 11.8. The summed E-state index contributed by atoms with van der Waals surface area (Å²) < 4.78 is 21.4. The van der Waals surface area contributed by atoms with Crippen molar-refractivity contribution in [1.29, 1.82) is 0 Å². The van der Waals surface area contributed by atoms with Gasteiger partial charge in [0.25, 0.3) is 0 Å². The maximum absolute atomic E-state index is 11.8. The first-order valence-corrected chi connectivity index (χ1v) is 8.68. The number of hydrogen-bond donors (Lipinski definition) is 1. The number of carbonyl (C=O) groups excluding carboxylic acids is 1. The smallest absolute Gasteiger partial charge is 0.309 e. The van der Waals surface area contributed by atoms with Crippen LogP contribution < -0.4 is 4.74 Å². The fourth-order valence-corrected chi connectivity index (χ4v) is 2.78. The molecule has 1 aromatic carbocycles. The molecule has 6 nitrogen and oxygen atoms in total. The molecule has 1 saturated heterocycles. The third-order valence-corrected chi connectivity index (χ3v) is 4.30. The van der Waals surface area contributed by atoms with E-state index in [0.29, 0.717) is 26.2 Å². The van der Waals surface area contributed by atoms with Crippen LogP contribution >= 0.6 is 0 Å². The predicted molar refractivity (Wildman–Crippen MR) is 92.3 cm³/mol. The van der Waals surface area contributed by atoms with Crippen molar-refractivity contribution < 1.29 is 28.8 Å². The van der Waals surface area contributed by atoms with E-state index in [0.717, 1.165) is 11.3 Å². The largest absolute Gasteiger partial charge is 0.491 e. The zero-order chi connectivity index (χ0) is 18.2. The molecule has 0 radical (unpaired) electrons. The Hall–Kier alpha value is -1.63. The summed E-state index contributed by atoms with van der Waals surface area (Å²) in [6.45, 7) is 5.47. The van der Waals surface area contributed by atoms with Gasteiger partial charge in [0, 0.05) is 13.5 Å². The van der Waals surface area contributed by atoms with Crippen molar-refractivity contribution in [3.8, 4) is 5.75 Å². The van der Waals surface area contributed by atoms with Gasteiger partial charge in [0.2, 0.25) is 0 Å². The Morgan fingerprint density at radius 3 is 2.80 bits per heavy atom. The highest BCUT2D eigenvalue weighted by Crippen LogP contribution is 2.29. The van der Waals surface area contributed by atoms with Crippen LogP contribution in [-0.2, 0) is 25.6 Å². The van der Waals surface area contributed by atoms with Gasteiger partial charge in [-0.05, 0) is 23.6 Å². The van der Waals surface area contributed by atoms with E-state index in [1.165, 1.54) is 0 Å². The van der Waals surface area contributed by atoms with Crippen LogP contribution in [0.5, 0.6) is 5.75 Å². The lowest BCUT2D eigenvalue weighted by atomic mass is 9.91. The van der Waals surface area contributed by atoms with Crippen LogP contribution in [-0.4, -0.2) is 50.2 Å². The first-order valence-electron chi connectivity index (χ1n) is 8.68. The molecule has 3 atom stereocenters. The monoisotopic (exact) mass is 352 g/mol. The minimum Gasteiger partial charge on any atom is -0.491 e. The number of esters is 1. The first kappa shape index (κ1) is 19.7. The van der Waals surface area contributed by atoms with E-state index in [-0.39, 0.29) is 24.4 Å². The number of rotatable bonds is 10. The highest BCUT2D eigenvalue weighted by atomic mass is 16.6. The second-order valence-electron chi connectivity index (χ2n) is 6.63. The summed E-state index contributed by atoms with van der Waals surface area (Å²) in [6, 6.07) is 7.59. The molecular formula is C19H28O6. The number of cyclic esters (lactones) is 1. The molecule has 0 bridgehead atoms. The van der Waals surface area contributed by atoms with Crippen molar-refractivity contribution >= 4 is 5.97 Å². The van der Waals surface area contributed by atoms with Gasteiger partial charge >= 0.3 is 5.97 Å². The van der Waals surface area contributed by atoms with Gasteiger partial charge in [-0.1, -0.05) is 26.0 Å². The van der Waals surface area contributed by atoms with Crippen molar-refractivity contribution in [3.05, 3.63) is 29.8 Å². The van der Waals surface area contributed by atoms with Gasteiger partial charge in [0.1, 0.15) is 24.6 Å². The number of aliphatic hydroxyl groups excluding tert-OH is 1. The minimum atomic E-state index is -0.811. The van der Waals surface area contributed by atoms with E-state index in [9.17, 15) is 9.90 Å². The maximum atomic E-state index is 11.8. The van der Waals surface area contributed by atoms with Gasteiger partial charge in [-0.2, -0.15) is 0 Å². The van der Waals surface area contributed by atoms with Gasteiger partial charge in [-0.25, -0.2) is 0 Å². The molecule has 25 heavy (non-hydrogen) atoms. The molecule has 6 heteroatoms. The van der Waals surface area contributed by atoms with Crippen LogP contribution in [0.1, 0.15) is 25.8 Å². The van der Waals surface area contributed by atoms with E-state index in [2.05, 4.69) is 0 Å². The van der Waals surface area contributed by atoms with E-state index >= 15 is 0 Å². The molecule has 0 aliphatic carbocycles. The van der Waals surface area contributed by atoms with Gasteiger partial charge in [-0.3, -0.25) is 4.79 Å². The van der Waals surface area contributed by atoms with Crippen LogP contribution in [0.4, 0.5) is 0 Å². The third kappa shape index (κ3) is 5.99. The molecule has 0 aromatic heterocycles. The Labute approximate surface area is 149 Å². The normalized spacial score (nSPS) is 21.4. The molecule has 1 heterocycles. The average molecular weight is 352 g/mol. The van der Waals surface area contributed by atoms with Crippen LogP contribution in [0.25, 0.3) is 0 Å². The standard InChI is InChI=1S/C19H28O6/c1-13(2)16-10-18(25-19(16)21)17(20)12-23-11-14-5-4-6-15(9-14)24-8-7-22-3/h4-6,9,13,16-18,20H,7-8,10-12H2,1-3H3/t16-,17+,18-/m0/s1. The van der Waals surface area contributed by atoms with Gasteiger partial charge in [0.05, 0.1) is 25.7 Å². The lowest BCUT2D eigenvalue weighted by Crippen LogP contribution is -2.30. The summed E-state index contributed by atoms with van der Waals surface area (Å²) in [5.41, 5.74) is 0.950. The first-order chi connectivity index (χ1) is 12.0. The van der Waals surface area contributed by atoms with Crippen molar-refractivity contribution in [2.75, 3.05) is 26.9 Å². The number of hydrogen-bond acceptors (Lipinski definition) is 6. The highest BCUT2D eigenvalue weighted by Gasteiger charge is 2.39. The SMILES string of the molecule is COCCOc1cccc(COC[C@@H](O)[C@@H]2C[C@@H](C(C)C)C(=O)O2)c1. The topological polar surface area (TPSA) is 74.2 Å². The van der Waals surface area contributed by atoms with Gasteiger partial charge < -0.3 is 24.1 Å². The zero-order valence-corrected chi connectivity index (χ0v) is 15.1. The van der Waals surface area contributed by atoms with E-state index in [4.69, 9.17) is 18.9 Å². The molecule has 1 aliphatic rings. The summed E-state index contributed by atoms with van der Waals surface area (Å²) in [7, 11) is 1.63. The molecule has 1 aliphatic heterocycles. The second kappa shape index (κ2) is 9.75. The van der Waals surface area contributed by atoms with Crippen molar-refractivity contribution in [1.82, 2.24) is 0 Å². The minimum absolute atomic E-state index is 0.123. The lowest BCUT2D eigenvalue weighted by molar-refractivity contribution is -0.150. The number of methoxy groups -OCH3 is 1. The van der Waals surface area contributed by atoms with Crippen LogP contribution in [0.2, 0.25) is 0 Å². The molecule has 0 saturated carbocycles. The Balaban J connectivity index is 1.75. The molecule has 1 aromatic rings. The fraction of sp³-hybridized carbons (Fsp3) is 0.632. The molecule has 2 rings (SSSR count). The quantitative estimate of drug-likeness (QED) is 0.514. The van der Waals surface area contributed by atoms with Gasteiger partial charge in [-0.15, -0.1) is 0 Å². The summed E-state index contributed by atoms with van der Waals surface area (Å²) in [5, 5.41) is 10.2. The average Bonchev–Trinajstić information content (AvgIpc) is 2.98. The number of benzene rings is 1.